The number of imidazole rings is 2. The predicted octanol–water partition coefficient (Wildman–Crippen LogP) is 5.14. The fourth-order valence-electron chi connectivity index (χ4n) is 4.98. The van der Waals surface area contributed by atoms with Crippen LogP contribution in [0.4, 0.5) is 0 Å². The van der Waals surface area contributed by atoms with Crippen LogP contribution in [0.1, 0.15) is 49.6 Å². The van der Waals surface area contributed by atoms with Crippen molar-refractivity contribution in [2.45, 2.75) is 38.8 Å². The second kappa shape index (κ2) is 9.29. The van der Waals surface area contributed by atoms with Crippen molar-refractivity contribution >= 4 is 22.2 Å². The highest BCUT2D eigenvalue weighted by Gasteiger charge is 2.24. The molecule has 1 fully saturated rings. The third-order valence-corrected chi connectivity index (χ3v) is 6.88. The molecule has 36 heavy (non-hydrogen) atoms. The molecule has 3 aromatic heterocycles. The molecule has 1 atom stereocenters. The number of hydrogen-bond acceptors (Lipinski definition) is 5. The van der Waals surface area contributed by atoms with Gasteiger partial charge in [-0.05, 0) is 62.2 Å². The molecule has 0 spiro atoms. The molecule has 1 aromatic carbocycles. The van der Waals surface area contributed by atoms with Crippen molar-refractivity contribution in [2.75, 3.05) is 13.1 Å². The molecule has 2 aliphatic heterocycles. The molecule has 8 nitrogen and oxygen atoms in total. The quantitative estimate of drug-likeness (QED) is 0.262. The van der Waals surface area contributed by atoms with E-state index in [2.05, 4.69) is 67.4 Å². The van der Waals surface area contributed by atoms with Crippen molar-refractivity contribution in [3.63, 3.8) is 0 Å². The van der Waals surface area contributed by atoms with E-state index in [9.17, 15) is 0 Å². The van der Waals surface area contributed by atoms with E-state index in [-0.39, 0.29) is 0 Å². The van der Waals surface area contributed by atoms with Gasteiger partial charge in [-0.15, -0.1) is 0 Å². The SMILES string of the molecule is C=C(/C=C1/Oc2ccc(-c3cnc(C4CCCN4)[nH]3)c3ccn(c23)C1=C)c1cnc(CNCCC)[nH]1. The van der Waals surface area contributed by atoms with E-state index in [1.165, 1.54) is 6.42 Å². The van der Waals surface area contributed by atoms with Gasteiger partial charge in [0.25, 0.3) is 0 Å². The van der Waals surface area contributed by atoms with E-state index in [1.54, 1.807) is 0 Å². The summed E-state index contributed by atoms with van der Waals surface area (Å²) in [6.07, 6.45) is 11.1. The summed E-state index contributed by atoms with van der Waals surface area (Å²) in [6, 6.07) is 6.52. The molecule has 1 saturated heterocycles. The number of aromatic amines is 2. The summed E-state index contributed by atoms with van der Waals surface area (Å²) in [7, 11) is 0. The molecule has 0 bridgehead atoms. The first-order valence-electron chi connectivity index (χ1n) is 12.6. The highest BCUT2D eigenvalue weighted by atomic mass is 16.5. The van der Waals surface area contributed by atoms with Gasteiger partial charge in [0.15, 0.2) is 11.5 Å². The van der Waals surface area contributed by atoms with Crippen molar-refractivity contribution in [1.29, 1.82) is 0 Å². The Labute approximate surface area is 210 Å². The number of nitrogens with one attached hydrogen (secondary N) is 4. The largest absolute Gasteiger partial charge is 0.453 e. The molecule has 0 amide bonds. The van der Waals surface area contributed by atoms with Gasteiger partial charge in [-0.25, -0.2) is 9.97 Å². The minimum atomic E-state index is 0.305. The number of hydrogen-bond donors (Lipinski definition) is 4. The molecule has 4 N–H and O–H groups in total. The summed E-state index contributed by atoms with van der Waals surface area (Å²) in [5.41, 5.74) is 5.51. The lowest BCUT2D eigenvalue weighted by Gasteiger charge is -2.22. The number of aromatic nitrogens is 5. The van der Waals surface area contributed by atoms with Gasteiger partial charge in [-0.2, -0.15) is 0 Å². The van der Waals surface area contributed by atoms with E-state index >= 15 is 0 Å². The first-order valence-corrected chi connectivity index (χ1v) is 12.6. The third-order valence-electron chi connectivity index (χ3n) is 6.88. The van der Waals surface area contributed by atoms with Crippen LogP contribution < -0.4 is 15.4 Å². The number of benzene rings is 1. The maximum atomic E-state index is 6.33. The molecule has 2 aliphatic rings. The maximum Gasteiger partial charge on any atom is 0.152 e. The monoisotopic (exact) mass is 481 g/mol. The Hall–Kier alpha value is -3.88. The Balaban J connectivity index is 1.26. The highest BCUT2D eigenvalue weighted by Crippen LogP contribution is 2.41. The summed E-state index contributed by atoms with van der Waals surface area (Å²) < 4.78 is 8.41. The smallest absolute Gasteiger partial charge is 0.152 e. The number of rotatable bonds is 8. The van der Waals surface area contributed by atoms with Gasteiger partial charge in [0.05, 0.1) is 47.6 Å². The highest BCUT2D eigenvalue weighted by molar-refractivity contribution is 6.01. The van der Waals surface area contributed by atoms with Crippen LogP contribution in [-0.2, 0) is 6.54 Å². The number of H-pyrrole nitrogens is 2. The first kappa shape index (κ1) is 22.6. The van der Waals surface area contributed by atoms with Crippen LogP contribution in [0.2, 0.25) is 0 Å². The van der Waals surface area contributed by atoms with Gasteiger partial charge in [-0.3, -0.25) is 0 Å². The van der Waals surface area contributed by atoms with E-state index < -0.39 is 0 Å². The van der Waals surface area contributed by atoms with Crippen LogP contribution >= 0.6 is 0 Å². The molecule has 0 aliphatic carbocycles. The average molecular weight is 482 g/mol. The zero-order chi connectivity index (χ0) is 24.6. The van der Waals surface area contributed by atoms with Gasteiger partial charge in [-0.1, -0.05) is 20.1 Å². The van der Waals surface area contributed by atoms with Crippen LogP contribution in [0.3, 0.4) is 0 Å². The van der Waals surface area contributed by atoms with Gasteiger partial charge < -0.3 is 29.9 Å². The molecule has 6 rings (SSSR count). The van der Waals surface area contributed by atoms with Crippen LogP contribution in [0.5, 0.6) is 5.75 Å². The Morgan fingerprint density at radius 3 is 3.00 bits per heavy atom. The van der Waals surface area contributed by atoms with E-state index in [1.807, 2.05) is 30.7 Å². The molecule has 1 unspecified atom stereocenters. The van der Waals surface area contributed by atoms with Crippen molar-refractivity contribution in [3.8, 4) is 17.0 Å². The summed E-state index contributed by atoms with van der Waals surface area (Å²) in [4.78, 5) is 16.0. The molecule has 8 heteroatoms. The molecule has 0 radical (unpaired) electrons. The maximum absolute atomic E-state index is 6.33. The standard InChI is InChI=1S/C28H31N7O/c1-4-10-29-16-26-31-14-22(33-26)17(2)13-25-18(3)35-12-9-20-19(7-8-24(36-25)27(20)35)23-15-32-28(34-23)21-6-5-11-30-21/h7-9,12-15,21,29-30H,2-6,10-11,16H2,1H3,(H,31,33)(H,32,34)/b25-13+. The van der Waals surface area contributed by atoms with Gasteiger partial charge in [0.2, 0.25) is 0 Å². The van der Waals surface area contributed by atoms with Crippen LogP contribution in [0.25, 0.3) is 33.4 Å². The fraction of sp³-hybridized carbons (Fsp3) is 0.286. The van der Waals surface area contributed by atoms with Crippen molar-refractivity contribution < 1.29 is 4.74 Å². The topological polar surface area (TPSA) is 95.6 Å². The number of ether oxygens (including phenoxy) is 1. The lowest BCUT2D eigenvalue weighted by atomic mass is 10.1. The number of allylic oxidation sites excluding steroid dienone is 3. The van der Waals surface area contributed by atoms with Gasteiger partial charge in [0.1, 0.15) is 11.6 Å². The Bertz CT molecular complexity index is 1480. The zero-order valence-electron chi connectivity index (χ0n) is 20.5. The van der Waals surface area contributed by atoms with Crippen molar-refractivity contribution in [2.24, 2.45) is 0 Å². The van der Waals surface area contributed by atoms with E-state index in [0.29, 0.717) is 18.3 Å². The van der Waals surface area contributed by atoms with Crippen molar-refractivity contribution in [1.82, 2.24) is 35.1 Å². The summed E-state index contributed by atoms with van der Waals surface area (Å²) in [5, 5.41) is 7.95. The first-order chi connectivity index (χ1) is 17.6. The minimum Gasteiger partial charge on any atom is -0.453 e. The Kier molecular flexibility index (Phi) is 5.83. The molecule has 4 aromatic rings. The summed E-state index contributed by atoms with van der Waals surface area (Å²) in [6.45, 7) is 13.4. The molecule has 184 valence electrons. The van der Waals surface area contributed by atoms with E-state index in [4.69, 9.17) is 4.74 Å². The van der Waals surface area contributed by atoms with Crippen LogP contribution in [0, 0.1) is 0 Å². The van der Waals surface area contributed by atoms with Crippen molar-refractivity contribution in [3.05, 3.63) is 79.1 Å². The van der Waals surface area contributed by atoms with Gasteiger partial charge >= 0.3 is 0 Å². The average Bonchev–Trinajstić information content (AvgIpc) is 3.68. The lowest BCUT2D eigenvalue weighted by Crippen LogP contribution is -2.14. The third kappa shape index (κ3) is 3.98. The Morgan fingerprint density at radius 1 is 1.25 bits per heavy atom. The summed E-state index contributed by atoms with van der Waals surface area (Å²) in [5.74, 6) is 3.33. The molecule has 0 saturated carbocycles. The number of nitrogens with zero attached hydrogens (tertiary/aromatic N) is 3. The molecule has 5 heterocycles. The lowest BCUT2D eigenvalue weighted by molar-refractivity contribution is 0.440. The summed E-state index contributed by atoms with van der Waals surface area (Å²) >= 11 is 0. The normalized spacial score (nSPS) is 18.3. The minimum absolute atomic E-state index is 0.305. The van der Waals surface area contributed by atoms with Gasteiger partial charge in [0, 0.05) is 17.1 Å². The Morgan fingerprint density at radius 2 is 2.17 bits per heavy atom. The predicted molar refractivity (Wildman–Crippen MR) is 143 cm³/mol. The van der Waals surface area contributed by atoms with E-state index in [0.717, 1.165) is 82.5 Å². The molecular weight excluding hydrogens is 450 g/mol. The second-order valence-corrected chi connectivity index (χ2v) is 9.39. The van der Waals surface area contributed by atoms with Crippen LogP contribution in [0.15, 0.2) is 61.8 Å². The molecular formula is C28H31N7O. The van der Waals surface area contributed by atoms with Crippen LogP contribution in [-0.4, -0.2) is 37.6 Å². The fourth-order valence-corrected chi connectivity index (χ4v) is 4.98. The second-order valence-electron chi connectivity index (χ2n) is 9.39. The zero-order valence-corrected chi connectivity index (χ0v) is 20.5.